The van der Waals surface area contributed by atoms with Crippen molar-refractivity contribution in [2.75, 3.05) is 59.3 Å². The maximum absolute atomic E-state index is 12.3. The number of likely N-dealkylation sites (tertiary alicyclic amines) is 2. The molecule has 2 atom stereocenters. The molecule has 2 N–H and O–H groups in total. The SMILES string of the molecule is CNCCOc1ccc(C2C=C(N3CCC4(CC(=O)N(C)C4)C3)c3ccc(OC)cc3N2)cc1. The number of amides is 1. The van der Waals surface area contributed by atoms with E-state index < -0.39 is 0 Å². The van der Waals surface area contributed by atoms with E-state index in [2.05, 4.69) is 45.9 Å². The van der Waals surface area contributed by atoms with Crippen LogP contribution in [0.25, 0.3) is 5.70 Å². The zero-order valence-corrected chi connectivity index (χ0v) is 20.3. The quantitative estimate of drug-likeness (QED) is 0.616. The number of hydrogen-bond donors (Lipinski definition) is 2. The van der Waals surface area contributed by atoms with E-state index in [1.807, 2.05) is 37.2 Å². The van der Waals surface area contributed by atoms with Gasteiger partial charge in [0, 0.05) is 68.1 Å². The first kappa shape index (κ1) is 22.6. The molecule has 0 saturated carbocycles. The molecule has 2 aromatic carbocycles. The van der Waals surface area contributed by atoms with Crippen molar-refractivity contribution in [1.82, 2.24) is 15.1 Å². The van der Waals surface area contributed by atoms with E-state index in [1.54, 1.807) is 7.11 Å². The van der Waals surface area contributed by atoms with Crippen molar-refractivity contribution >= 4 is 17.3 Å². The highest BCUT2D eigenvalue weighted by molar-refractivity contribution is 5.82. The van der Waals surface area contributed by atoms with Crippen LogP contribution in [0, 0.1) is 5.41 Å². The maximum atomic E-state index is 12.3. The fourth-order valence-electron chi connectivity index (χ4n) is 5.46. The molecule has 0 bridgehead atoms. The number of carbonyl (C=O) groups excluding carboxylic acids is 1. The smallest absolute Gasteiger partial charge is 0.223 e. The summed E-state index contributed by atoms with van der Waals surface area (Å²) in [4.78, 5) is 16.7. The van der Waals surface area contributed by atoms with Crippen LogP contribution in [0.15, 0.2) is 48.5 Å². The summed E-state index contributed by atoms with van der Waals surface area (Å²) in [6, 6.07) is 14.6. The van der Waals surface area contributed by atoms with Gasteiger partial charge in [-0.2, -0.15) is 0 Å². The van der Waals surface area contributed by atoms with E-state index in [1.165, 1.54) is 16.8 Å². The van der Waals surface area contributed by atoms with Crippen molar-refractivity contribution < 1.29 is 14.3 Å². The van der Waals surface area contributed by atoms with Crippen LogP contribution in [0.2, 0.25) is 0 Å². The van der Waals surface area contributed by atoms with E-state index in [0.29, 0.717) is 13.0 Å². The molecule has 0 aliphatic carbocycles. The number of rotatable bonds is 7. The predicted octanol–water partition coefficient (Wildman–Crippen LogP) is 3.36. The number of ether oxygens (including phenoxy) is 2. The molecule has 2 aromatic rings. The Hall–Kier alpha value is -3.19. The number of hydrogen-bond acceptors (Lipinski definition) is 6. The first-order valence-electron chi connectivity index (χ1n) is 12.0. The molecule has 3 aliphatic heterocycles. The van der Waals surface area contributed by atoms with E-state index in [4.69, 9.17) is 9.47 Å². The second-order valence-electron chi connectivity index (χ2n) is 9.70. The van der Waals surface area contributed by atoms with Crippen LogP contribution in [0.3, 0.4) is 0 Å². The minimum atomic E-state index is 0.0328. The zero-order chi connectivity index (χ0) is 23.7. The fourth-order valence-corrected chi connectivity index (χ4v) is 5.46. The largest absolute Gasteiger partial charge is 0.497 e. The number of fused-ring (bicyclic) bond motifs is 1. The lowest BCUT2D eigenvalue weighted by Crippen LogP contribution is -2.30. The first-order chi connectivity index (χ1) is 16.5. The van der Waals surface area contributed by atoms with Crippen molar-refractivity contribution in [2.24, 2.45) is 5.41 Å². The third kappa shape index (κ3) is 4.32. The van der Waals surface area contributed by atoms with Crippen molar-refractivity contribution in [3.8, 4) is 11.5 Å². The molecule has 1 amide bonds. The van der Waals surface area contributed by atoms with Crippen LogP contribution >= 0.6 is 0 Å². The Balaban J connectivity index is 1.42. The Kier molecular flexibility index (Phi) is 6.13. The minimum Gasteiger partial charge on any atom is -0.497 e. The molecule has 180 valence electrons. The highest BCUT2D eigenvalue weighted by Gasteiger charge is 2.47. The number of nitrogens with zero attached hydrogens (tertiary/aromatic N) is 2. The monoisotopic (exact) mass is 462 g/mol. The molecule has 7 nitrogen and oxygen atoms in total. The Morgan fingerprint density at radius 3 is 2.65 bits per heavy atom. The normalized spacial score (nSPS) is 23.7. The van der Waals surface area contributed by atoms with Crippen molar-refractivity contribution in [3.63, 3.8) is 0 Å². The van der Waals surface area contributed by atoms with Gasteiger partial charge >= 0.3 is 0 Å². The second kappa shape index (κ2) is 9.22. The summed E-state index contributed by atoms with van der Waals surface area (Å²) in [6.45, 7) is 4.18. The number of likely N-dealkylation sites (N-methyl/N-ethyl adjacent to an activating group) is 1. The van der Waals surface area contributed by atoms with Gasteiger partial charge in [0.25, 0.3) is 0 Å². The van der Waals surface area contributed by atoms with Crippen LogP contribution in [-0.2, 0) is 4.79 Å². The van der Waals surface area contributed by atoms with Crippen molar-refractivity contribution in [1.29, 1.82) is 0 Å². The van der Waals surface area contributed by atoms with E-state index in [0.717, 1.165) is 49.8 Å². The van der Waals surface area contributed by atoms with Gasteiger partial charge in [-0.1, -0.05) is 12.1 Å². The van der Waals surface area contributed by atoms with Gasteiger partial charge in [-0.15, -0.1) is 0 Å². The summed E-state index contributed by atoms with van der Waals surface area (Å²) < 4.78 is 11.3. The summed E-state index contributed by atoms with van der Waals surface area (Å²) >= 11 is 0. The molecular formula is C27H34N4O3. The van der Waals surface area contributed by atoms with E-state index >= 15 is 0 Å². The lowest BCUT2D eigenvalue weighted by atomic mass is 9.86. The molecule has 2 saturated heterocycles. The van der Waals surface area contributed by atoms with Gasteiger partial charge in [-0.3, -0.25) is 4.79 Å². The summed E-state index contributed by atoms with van der Waals surface area (Å²) in [5.74, 6) is 1.97. The Labute approximate surface area is 201 Å². The van der Waals surface area contributed by atoms with Crippen LogP contribution < -0.4 is 20.1 Å². The second-order valence-corrected chi connectivity index (χ2v) is 9.70. The topological polar surface area (TPSA) is 66.1 Å². The Bertz CT molecular complexity index is 1080. The predicted molar refractivity (Wildman–Crippen MR) is 134 cm³/mol. The summed E-state index contributed by atoms with van der Waals surface area (Å²) in [6.07, 6.45) is 4.02. The van der Waals surface area contributed by atoms with Gasteiger partial charge in [0.2, 0.25) is 5.91 Å². The molecule has 0 aromatic heterocycles. The van der Waals surface area contributed by atoms with Crippen LogP contribution in [0.5, 0.6) is 11.5 Å². The zero-order valence-electron chi connectivity index (χ0n) is 20.3. The Morgan fingerprint density at radius 2 is 1.94 bits per heavy atom. The van der Waals surface area contributed by atoms with Crippen molar-refractivity contribution in [2.45, 2.75) is 18.9 Å². The van der Waals surface area contributed by atoms with Gasteiger partial charge < -0.3 is 29.9 Å². The summed E-state index contributed by atoms with van der Waals surface area (Å²) in [5, 5.41) is 6.79. The summed E-state index contributed by atoms with van der Waals surface area (Å²) in [7, 11) is 5.54. The van der Waals surface area contributed by atoms with Gasteiger partial charge in [0.15, 0.2) is 0 Å². The molecule has 3 heterocycles. The van der Waals surface area contributed by atoms with Gasteiger partial charge in [0.1, 0.15) is 18.1 Å². The van der Waals surface area contributed by atoms with Crippen LogP contribution in [0.1, 0.15) is 30.0 Å². The third-order valence-corrected chi connectivity index (χ3v) is 7.30. The fraction of sp³-hybridized carbons (Fsp3) is 0.444. The number of methoxy groups -OCH3 is 1. The van der Waals surface area contributed by atoms with E-state index in [-0.39, 0.29) is 17.4 Å². The highest BCUT2D eigenvalue weighted by Crippen LogP contribution is 2.45. The third-order valence-electron chi connectivity index (χ3n) is 7.30. The standard InChI is InChI=1S/C27H34N4O3/c1-28-11-13-34-20-6-4-19(5-7-20)23-15-25(22-9-8-21(33-3)14-24(22)29-23)31-12-10-27(18-31)16-26(32)30(2)17-27/h4-9,14-15,23,28-29H,10-13,16-18H2,1-3H3. The molecule has 2 fully saturated rings. The van der Waals surface area contributed by atoms with Crippen LogP contribution in [-0.4, -0.2) is 69.7 Å². The molecule has 7 heteroatoms. The van der Waals surface area contributed by atoms with Gasteiger partial charge in [-0.25, -0.2) is 0 Å². The lowest BCUT2D eigenvalue weighted by Gasteiger charge is -2.33. The number of benzene rings is 2. The molecule has 0 radical (unpaired) electrons. The lowest BCUT2D eigenvalue weighted by molar-refractivity contribution is -0.126. The van der Waals surface area contributed by atoms with Gasteiger partial charge in [0.05, 0.1) is 13.2 Å². The molecule has 1 spiro atoms. The molecule has 34 heavy (non-hydrogen) atoms. The van der Waals surface area contributed by atoms with Gasteiger partial charge in [-0.05, 0) is 49.4 Å². The number of anilines is 1. The number of carbonyl (C=O) groups is 1. The van der Waals surface area contributed by atoms with E-state index in [9.17, 15) is 4.79 Å². The molecule has 5 rings (SSSR count). The van der Waals surface area contributed by atoms with Crippen LogP contribution in [0.4, 0.5) is 5.69 Å². The summed E-state index contributed by atoms with van der Waals surface area (Å²) in [5.41, 5.74) is 4.72. The molecule has 2 unspecified atom stereocenters. The average Bonchev–Trinajstić information content (AvgIpc) is 3.39. The molecule has 3 aliphatic rings. The maximum Gasteiger partial charge on any atom is 0.223 e. The molecular weight excluding hydrogens is 428 g/mol. The average molecular weight is 463 g/mol. The highest BCUT2D eigenvalue weighted by atomic mass is 16.5. The van der Waals surface area contributed by atoms with Crippen molar-refractivity contribution in [3.05, 3.63) is 59.7 Å². The minimum absolute atomic E-state index is 0.0328. The number of nitrogens with one attached hydrogen (secondary N) is 2. The Morgan fingerprint density at radius 1 is 1.15 bits per heavy atom. The first-order valence-corrected chi connectivity index (χ1v) is 12.0.